The first-order chi connectivity index (χ1) is 12.1. The summed E-state index contributed by atoms with van der Waals surface area (Å²) in [6.07, 6.45) is 4.45. The fourth-order valence-corrected chi connectivity index (χ4v) is 2.62. The van der Waals surface area contributed by atoms with E-state index in [1.54, 1.807) is 24.4 Å². The van der Waals surface area contributed by atoms with Crippen LogP contribution in [0, 0.1) is 0 Å². The van der Waals surface area contributed by atoms with Gasteiger partial charge in [-0.15, -0.1) is 0 Å². The second kappa shape index (κ2) is 7.60. The third-order valence-electron chi connectivity index (χ3n) is 3.76. The number of ether oxygens (including phenoxy) is 3. The van der Waals surface area contributed by atoms with Crippen molar-refractivity contribution in [2.45, 2.75) is 25.5 Å². The first-order valence-electron chi connectivity index (χ1n) is 8.09. The van der Waals surface area contributed by atoms with Gasteiger partial charge in [0.2, 0.25) is 5.79 Å². The molecule has 0 fully saturated rings. The smallest absolute Gasteiger partial charge is 0.351 e. The maximum atomic E-state index is 12.0. The van der Waals surface area contributed by atoms with Crippen LogP contribution in [0.5, 0.6) is 0 Å². The van der Waals surface area contributed by atoms with Crippen molar-refractivity contribution in [2.24, 2.45) is 0 Å². The average Bonchev–Trinajstić information content (AvgIpc) is 3.00. The molecule has 7 heteroatoms. The van der Waals surface area contributed by atoms with Crippen molar-refractivity contribution in [1.29, 1.82) is 0 Å². The van der Waals surface area contributed by atoms with Crippen molar-refractivity contribution >= 4 is 5.82 Å². The van der Waals surface area contributed by atoms with Crippen molar-refractivity contribution in [3.8, 4) is 0 Å². The fraction of sp³-hybridized carbons (Fsp3) is 0.333. The monoisotopic (exact) mass is 343 g/mol. The molecule has 1 aliphatic heterocycles. The zero-order valence-corrected chi connectivity index (χ0v) is 14.0. The highest BCUT2D eigenvalue weighted by Gasteiger charge is 2.38. The Morgan fingerprint density at radius 3 is 2.84 bits per heavy atom. The normalized spacial score (nSPS) is 22.4. The van der Waals surface area contributed by atoms with E-state index < -0.39 is 17.7 Å². The molecule has 0 spiro atoms. The van der Waals surface area contributed by atoms with Gasteiger partial charge in [0.05, 0.1) is 6.61 Å². The van der Waals surface area contributed by atoms with Crippen LogP contribution in [0.25, 0.3) is 0 Å². The van der Waals surface area contributed by atoms with Gasteiger partial charge in [-0.3, -0.25) is 4.57 Å². The molecule has 132 valence electrons. The number of anilines is 1. The molecule has 2 N–H and O–H groups in total. The second-order valence-corrected chi connectivity index (χ2v) is 5.63. The minimum Gasteiger partial charge on any atom is -0.383 e. The van der Waals surface area contributed by atoms with Crippen molar-refractivity contribution in [3.63, 3.8) is 0 Å². The van der Waals surface area contributed by atoms with Gasteiger partial charge in [-0.2, -0.15) is 4.98 Å². The standard InChI is InChI=1S/C18H21N3O4/c1-2-24-18(13-23-12-14-6-4-3-5-7-14)10-8-16(25-18)21-11-9-15(19)20-17(21)22/h3-11,16H,2,12-13H2,1H3,(H2,19,20,22)/t16-,18+/m1/s1. The molecule has 0 amide bonds. The van der Waals surface area contributed by atoms with Gasteiger partial charge >= 0.3 is 5.69 Å². The third-order valence-corrected chi connectivity index (χ3v) is 3.76. The Kier molecular flexibility index (Phi) is 5.28. The minimum absolute atomic E-state index is 0.172. The first-order valence-corrected chi connectivity index (χ1v) is 8.09. The summed E-state index contributed by atoms with van der Waals surface area (Å²) in [4.78, 5) is 15.7. The quantitative estimate of drug-likeness (QED) is 0.772. The molecule has 2 heterocycles. The molecular weight excluding hydrogens is 322 g/mol. The lowest BCUT2D eigenvalue weighted by Gasteiger charge is -2.28. The number of aromatic nitrogens is 2. The van der Waals surface area contributed by atoms with Crippen LogP contribution in [0.3, 0.4) is 0 Å². The largest absolute Gasteiger partial charge is 0.383 e. The van der Waals surface area contributed by atoms with E-state index in [2.05, 4.69) is 4.98 Å². The van der Waals surface area contributed by atoms with E-state index in [0.717, 1.165) is 5.56 Å². The predicted octanol–water partition coefficient (Wildman–Crippen LogP) is 1.86. The van der Waals surface area contributed by atoms with Crippen molar-refractivity contribution in [1.82, 2.24) is 9.55 Å². The zero-order chi connectivity index (χ0) is 17.7. The van der Waals surface area contributed by atoms with Crippen molar-refractivity contribution in [3.05, 3.63) is 70.8 Å². The first kappa shape index (κ1) is 17.3. The Balaban J connectivity index is 1.67. The van der Waals surface area contributed by atoms with Gasteiger partial charge in [0.25, 0.3) is 0 Å². The van der Waals surface area contributed by atoms with Gasteiger partial charge in [0.15, 0.2) is 6.23 Å². The molecule has 2 aromatic rings. The Hall–Kier alpha value is -2.48. The highest BCUT2D eigenvalue weighted by atomic mass is 16.7. The number of nitrogens with zero attached hydrogens (tertiary/aromatic N) is 2. The van der Waals surface area contributed by atoms with E-state index in [4.69, 9.17) is 19.9 Å². The fourth-order valence-electron chi connectivity index (χ4n) is 2.62. The molecule has 3 rings (SSSR count). The van der Waals surface area contributed by atoms with Crippen molar-refractivity contribution < 1.29 is 14.2 Å². The number of rotatable bonds is 7. The Labute approximate surface area is 145 Å². The van der Waals surface area contributed by atoms with E-state index >= 15 is 0 Å². The predicted molar refractivity (Wildman–Crippen MR) is 92.6 cm³/mol. The van der Waals surface area contributed by atoms with E-state index in [1.807, 2.05) is 37.3 Å². The van der Waals surface area contributed by atoms with E-state index in [9.17, 15) is 4.79 Å². The summed E-state index contributed by atoms with van der Waals surface area (Å²) in [6.45, 7) is 2.97. The Bertz CT molecular complexity index is 790. The molecule has 2 atom stereocenters. The van der Waals surface area contributed by atoms with Crippen LogP contribution in [0.15, 0.2) is 59.5 Å². The summed E-state index contributed by atoms with van der Waals surface area (Å²) in [5, 5.41) is 0. The number of hydrogen-bond acceptors (Lipinski definition) is 6. The summed E-state index contributed by atoms with van der Waals surface area (Å²) >= 11 is 0. The molecule has 7 nitrogen and oxygen atoms in total. The maximum Gasteiger partial charge on any atom is 0.351 e. The highest BCUT2D eigenvalue weighted by Crippen LogP contribution is 2.30. The third kappa shape index (κ3) is 4.14. The van der Waals surface area contributed by atoms with Gasteiger partial charge in [-0.1, -0.05) is 30.3 Å². The van der Waals surface area contributed by atoms with Crippen LogP contribution in [0.2, 0.25) is 0 Å². The second-order valence-electron chi connectivity index (χ2n) is 5.63. The summed E-state index contributed by atoms with van der Waals surface area (Å²) < 4.78 is 18.8. The maximum absolute atomic E-state index is 12.0. The van der Waals surface area contributed by atoms with E-state index in [1.165, 1.54) is 4.57 Å². The van der Waals surface area contributed by atoms with Gasteiger partial charge in [-0.05, 0) is 30.7 Å². The lowest BCUT2D eigenvalue weighted by atomic mass is 10.2. The Morgan fingerprint density at radius 2 is 2.12 bits per heavy atom. The topological polar surface area (TPSA) is 88.6 Å². The number of nitrogens with two attached hydrogens (primary N) is 1. The molecule has 1 aromatic carbocycles. The van der Waals surface area contributed by atoms with Gasteiger partial charge < -0.3 is 19.9 Å². The van der Waals surface area contributed by atoms with Crippen molar-refractivity contribution in [2.75, 3.05) is 18.9 Å². The van der Waals surface area contributed by atoms with Gasteiger partial charge in [0, 0.05) is 12.8 Å². The van der Waals surface area contributed by atoms with Crippen LogP contribution in [-0.2, 0) is 20.8 Å². The molecule has 0 saturated carbocycles. The summed E-state index contributed by atoms with van der Waals surface area (Å²) in [6, 6.07) is 11.4. The summed E-state index contributed by atoms with van der Waals surface area (Å²) in [7, 11) is 0. The van der Waals surface area contributed by atoms with E-state index in [0.29, 0.717) is 13.2 Å². The summed E-state index contributed by atoms with van der Waals surface area (Å²) in [5.74, 6) is -0.861. The zero-order valence-electron chi connectivity index (χ0n) is 14.0. The van der Waals surface area contributed by atoms with Gasteiger partial charge in [0.1, 0.15) is 12.4 Å². The SMILES string of the molecule is CCO[C@@]1(COCc2ccccc2)C=C[C@H](n2ccc(N)nc2=O)O1. The molecule has 25 heavy (non-hydrogen) atoms. The molecule has 0 radical (unpaired) electrons. The lowest BCUT2D eigenvalue weighted by molar-refractivity contribution is -0.244. The molecule has 1 aromatic heterocycles. The molecule has 0 bridgehead atoms. The number of benzene rings is 1. The summed E-state index contributed by atoms with van der Waals surface area (Å²) in [5.41, 5.74) is 6.10. The molecule has 0 unspecified atom stereocenters. The molecule has 0 aliphatic carbocycles. The molecule has 1 aliphatic rings. The number of nitrogen functional groups attached to an aromatic ring is 1. The van der Waals surface area contributed by atoms with Gasteiger partial charge in [-0.25, -0.2) is 4.79 Å². The van der Waals surface area contributed by atoms with E-state index in [-0.39, 0.29) is 12.4 Å². The van der Waals surface area contributed by atoms with Crippen LogP contribution in [0.1, 0.15) is 18.7 Å². The Morgan fingerprint density at radius 1 is 1.32 bits per heavy atom. The van der Waals surface area contributed by atoms with Crippen LogP contribution in [0.4, 0.5) is 5.82 Å². The lowest BCUT2D eigenvalue weighted by Crippen LogP contribution is -2.39. The number of hydrogen-bond donors (Lipinski definition) is 1. The van der Waals surface area contributed by atoms with Crippen LogP contribution in [-0.4, -0.2) is 28.6 Å². The van der Waals surface area contributed by atoms with Crippen LogP contribution >= 0.6 is 0 Å². The average molecular weight is 343 g/mol. The molecular formula is C18H21N3O4. The highest BCUT2D eigenvalue weighted by molar-refractivity contribution is 5.24. The molecule has 0 saturated heterocycles. The minimum atomic E-state index is -1.03. The van der Waals surface area contributed by atoms with Crippen LogP contribution < -0.4 is 11.4 Å².